The fraction of sp³-hybridized carbons (Fsp3) is 0.812. The molecule has 1 heterocycles. The van der Waals surface area contributed by atoms with Gasteiger partial charge in [-0.2, -0.15) is 0 Å². The summed E-state index contributed by atoms with van der Waals surface area (Å²) in [5.74, 6) is -0.377. The number of rotatable bonds is 4. The van der Waals surface area contributed by atoms with E-state index in [0.717, 1.165) is 6.42 Å². The van der Waals surface area contributed by atoms with Crippen LogP contribution in [0.5, 0.6) is 0 Å². The van der Waals surface area contributed by atoms with Crippen molar-refractivity contribution in [2.75, 3.05) is 26.7 Å². The number of hydrogen-bond donors (Lipinski definition) is 1. The second-order valence-corrected chi connectivity index (χ2v) is 7.15. The molecule has 1 aliphatic heterocycles. The van der Waals surface area contributed by atoms with Gasteiger partial charge >= 0.3 is 12.1 Å². The van der Waals surface area contributed by atoms with Gasteiger partial charge in [0.25, 0.3) is 0 Å². The number of alkyl carbamates (subject to hydrolysis) is 1. The van der Waals surface area contributed by atoms with E-state index in [2.05, 4.69) is 5.32 Å². The molecule has 1 fully saturated rings. The van der Waals surface area contributed by atoms with Gasteiger partial charge in [-0.3, -0.25) is 9.59 Å². The molecule has 7 heteroatoms. The van der Waals surface area contributed by atoms with Crippen molar-refractivity contribution in [2.45, 2.75) is 52.6 Å². The Hall–Kier alpha value is -1.79. The van der Waals surface area contributed by atoms with E-state index >= 15 is 0 Å². The Labute approximate surface area is 137 Å². The smallest absolute Gasteiger partial charge is 0.407 e. The van der Waals surface area contributed by atoms with E-state index in [1.807, 2.05) is 6.92 Å². The molecule has 1 rings (SSSR count). The van der Waals surface area contributed by atoms with Crippen LogP contribution in [0.25, 0.3) is 0 Å². The number of amides is 2. The molecule has 1 unspecified atom stereocenters. The molecule has 23 heavy (non-hydrogen) atoms. The standard InChI is InChI=1S/C16H28N2O5/c1-15(2,3)23-14(21)17-9-7-12(19)18-10-6-8-16(4,11-18)13(20)22-5/h6-11H2,1-5H3,(H,17,21). The van der Waals surface area contributed by atoms with Gasteiger partial charge in [-0.1, -0.05) is 0 Å². The highest BCUT2D eigenvalue weighted by atomic mass is 16.6. The Morgan fingerprint density at radius 2 is 1.91 bits per heavy atom. The number of esters is 1. The first kappa shape index (κ1) is 19.3. The van der Waals surface area contributed by atoms with Crippen molar-refractivity contribution in [1.82, 2.24) is 10.2 Å². The zero-order valence-electron chi connectivity index (χ0n) is 14.7. The molecule has 0 aromatic heterocycles. The number of nitrogens with one attached hydrogen (secondary N) is 1. The summed E-state index contributed by atoms with van der Waals surface area (Å²) in [5, 5.41) is 2.56. The number of methoxy groups -OCH3 is 1. The molecular weight excluding hydrogens is 300 g/mol. The van der Waals surface area contributed by atoms with Crippen LogP contribution in [0.15, 0.2) is 0 Å². The first-order chi connectivity index (χ1) is 10.6. The molecular formula is C16H28N2O5. The Kier molecular flexibility index (Phi) is 6.41. The highest BCUT2D eigenvalue weighted by Crippen LogP contribution is 2.30. The first-order valence-electron chi connectivity index (χ1n) is 7.90. The van der Waals surface area contributed by atoms with Crippen LogP contribution in [0.3, 0.4) is 0 Å². The van der Waals surface area contributed by atoms with E-state index < -0.39 is 17.1 Å². The second-order valence-electron chi connectivity index (χ2n) is 7.15. The van der Waals surface area contributed by atoms with Crippen LogP contribution in [0, 0.1) is 5.41 Å². The lowest BCUT2D eigenvalue weighted by molar-refractivity contribution is -0.156. The molecule has 132 valence electrons. The highest BCUT2D eigenvalue weighted by Gasteiger charge is 2.40. The minimum Gasteiger partial charge on any atom is -0.469 e. The Bertz CT molecular complexity index is 458. The van der Waals surface area contributed by atoms with Gasteiger partial charge in [-0.25, -0.2) is 4.79 Å². The summed E-state index contributed by atoms with van der Waals surface area (Å²) in [7, 11) is 1.36. The van der Waals surface area contributed by atoms with Crippen LogP contribution in [-0.4, -0.2) is 55.2 Å². The maximum Gasteiger partial charge on any atom is 0.407 e. The van der Waals surface area contributed by atoms with Crippen molar-refractivity contribution < 1.29 is 23.9 Å². The minimum atomic E-state index is -0.652. The molecule has 1 atom stereocenters. The Balaban J connectivity index is 2.43. The normalized spacial score (nSPS) is 21.5. The maximum atomic E-state index is 12.2. The first-order valence-corrected chi connectivity index (χ1v) is 7.90. The highest BCUT2D eigenvalue weighted by molar-refractivity contribution is 5.80. The number of ether oxygens (including phenoxy) is 2. The van der Waals surface area contributed by atoms with Gasteiger partial charge in [0.2, 0.25) is 5.91 Å². The van der Waals surface area contributed by atoms with Crippen molar-refractivity contribution in [1.29, 1.82) is 0 Å². The van der Waals surface area contributed by atoms with E-state index in [4.69, 9.17) is 9.47 Å². The van der Waals surface area contributed by atoms with E-state index in [9.17, 15) is 14.4 Å². The summed E-state index contributed by atoms with van der Waals surface area (Å²) in [4.78, 5) is 37.3. The molecule has 1 saturated heterocycles. The van der Waals surface area contributed by atoms with E-state index in [1.165, 1.54) is 7.11 Å². The van der Waals surface area contributed by atoms with Crippen molar-refractivity contribution in [3.05, 3.63) is 0 Å². The van der Waals surface area contributed by atoms with Gasteiger partial charge in [-0.15, -0.1) is 0 Å². The monoisotopic (exact) mass is 328 g/mol. The largest absolute Gasteiger partial charge is 0.469 e. The quantitative estimate of drug-likeness (QED) is 0.794. The SMILES string of the molecule is COC(=O)C1(C)CCCN(C(=O)CCNC(=O)OC(C)(C)C)C1. The predicted octanol–water partition coefficient (Wildman–Crippen LogP) is 1.70. The van der Waals surface area contributed by atoms with Gasteiger partial charge in [0.05, 0.1) is 12.5 Å². The van der Waals surface area contributed by atoms with Crippen molar-refractivity contribution in [2.24, 2.45) is 5.41 Å². The van der Waals surface area contributed by atoms with Crippen molar-refractivity contribution in [3.63, 3.8) is 0 Å². The van der Waals surface area contributed by atoms with Crippen LogP contribution in [0.4, 0.5) is 4.79 Å². The van der Waals surface area contributed by atoms with Crippen LogP contribution in [-0.2, 0) is 19.1 Å². The van der Waals surface area contributed by atoms with E-state index in [0.29, 0.717) is 19.5 Å². The van der Waals surface area contributed by atoms with Crippen molar-refractivity contribution in [3.8, 4) is 0 Å². The van der Waals surface area contributed by atoms with Crippen LogP contribution >= 0.6 is 0 Å². The lowest BCUT2D eigenvalue weighted by Gasteiger charge is -2.38. The average molecular weight is 328 g/mol. The molecule has 1 aliphatic rings. The minimum absolute atomic E-state index is 0.0871. The molecule has 0 bridgehead atoms. The number of nitrogens with zero attached hydrogens (tertiary/aromatic N) is 1. The fourth-order valence-corrected chi connectivity index (χ4v) is 2.61. The number of piperidine rings is 1. The van der Waals surface area contributed by atoms with E-state index in [-0.39, 0.29) is 24.8 Å². The summed E-state index contributed by atoms with van der Waals surface area (Å²) in [5.41, 5.74) is -1.22. The number of carbonyl (C=O) groups is 3. The summed E-state index contributed by atoms with van der Waals surface area (Å²) >= 11 is 0. The van der Waals surface area contributed by atoms with Gasteiger partial charge in [0.15, 0.2) is 0 Å². The van der Waals surface area contributed by atoms with Gasteiger partial charge in [0.1, 0.15) is 5.60 Å². The molecule has 0 aromatic carbocycles. The van der Waals surface area contributed by atoms with E-state index in [1.54, 1.807) is 25.7 Å². The topological polar surface area (TPSA) is 84.9 Å². The summed E-state index contributed by atoms with van der Waals surface area (Å²) in [6.07, 6.45) is 1.11. The molecule has 1 N–H and O–H groups in total. The Morgan fingerprint density at radius 3 is 2.48 bits per heavy atom. The fourth-order valence-electron chi connectivity index (χ4n) is 2.61. The molecule has 0 spiro atoms. The molecule has 0 aromatic rings. The molecule has 0 radical (unpaired) electrons. The third-order valence-electron chi connectivity index (χ3n) is 3.73. The molecule has 7 nitrogen and oxygen atoms in total. The van der Waals surface area contributed by atoms with Crippen LogP contribution in [0.1, 0.15) is 47.0 Å². The summed E-state index contributed by atoms with van der Waals surface area (Å²) in [6, 6.07) is 0. The zero-order valence-corrected chi connectivity index (χ0v) is 14.7. The average Bonchev–Trinajstić information content (AvgIpc) is 2.44. The third kappa shape index (κ3) is 6.08. The predicted molar refractivity (Wildman–Crippen MR) is 84.8 cm³/mol. The number of hydrogen-bond acceptors (Lipinski definition) is 5. The molecule has 0 aliphatic carbocycles. The third-order valence-corrected chi connectivity index (χ3v) is 3.73. The van der Waals surface area contributed by atoms with Gasteiger partial charge < -0.3 is 19.7 Å². The second kappa shape index (κ2) is 7.66. The maximum absolute atomic E-state index is 12.2. The lowest BCUT2D eigenvalue weighted by atomic mass is 9.82. The zero-order chi connectivity index (χ0) is 17.7. The number of carbonyl (C=O) groups excluding carboxylic acids is 3. The molecule has 0 saturated carbocycles. The molecule has 2 amide bonds. The summed E-state index contributed by atoms with van der Waals surface area (Å²) in [6.45, 7) is 8.33. The van der Waals surface area contributed by atoms with Gasteiger partial charge in [-0.05, 0) is 40.5 Å². The van der Waals surface area contributed by atoms with Crippen LogP contribution < -0.4 is 5.32 Å². The summed E-state index contributed by atoms with van der Waals surface area (Å²) < 4.78 is 9.94. The van der Waals surface area contributed by atoms with Gasteiger partial charge in [0, 0.05) is 26.1 Å². The van der Waals surface area contributed by atoms with Crippen molar-refractivity contribution >= 4 is 18.0 Å². The van der Waals surface area contributed by atoms with Crippen LogP contribution in [0.2, 0.25) is 0 Å². The Morgan fingerprint density at radius 1 is 1.26 bits per heavy atom. The number of likely N-dealkylation sites (tertiary alicyclic amines) is 1. The lowest BCUT2D eigenvalue weighted by Crippen LogP contribution is -2.49.